The molecular formula is C13H13OP. The molecule has 0 aliphatic carbocycles. The second-order valence-corrected chi connectivity index (χ2v) is 4.02. The smallest absolute Gasteiger partial charge is 0.118 e. The van der Waals surface area contributed by atoms with Gasteiger partial charge in [0, 0.05) is 0 Å². The summed E-state index contributed by atoms with van der Waals surface area (Å²) >= 11 is 0. The molecule has 0 radical (unpaired) electrons. The van der Waals surface area contributed by atoms with Gasteiger partial charge in [0.05, 0.1) is 7.11 Å². The Kier molecular flexibility index (Phi) is 3.03. The third-order valence-electron chi connectivity index (χ3n) is 2.33. The fourth-order valence-corrected chi connectivity index (χ4v) is 1.65. The normalized spacial score (nSPS) is 10.0. The minimum Gasteiger partial charge on any atom is -0.497 e. The zero-order valence-electron chi connectivity index (χ0n) is 8.60. The largest absolute Gasteiger partial charge is 0.497 e. The Morgan fingerprint density at radius 2 is 1.27 bits per heavy atom. The fourth-order valence-electron chi connectivity index (χ4n) is 1.46. The topological polar surface area (TPSA) is 9.23 Å². The summed E-state index contributed by atoms with van der Waals surface area (Å²) in [5, 5.41) is 1.20. The minimum absolute atomic E-state index is 0.890. The monoisotopic (exact) mass is 216 g/mol. The van der Waals surface area contributed by atoms with Crippen LogP contribution in [0.15, 0.2) is 48.5 Å². The van der Waals surface area contributed by atoms with Gasteiger partial charge < -0.3 is 4.74 Å². The number of hydrogen-bond donors (Lipinski definition) is 0. The average molecular weight is 216 g/mol. The van der Waals surface area contributed by atoms with Crippen LogP contribution in [-0.4, -0.2) is 7.11 Å². The highest BCUT2D eigenvalue weighted by molar-refractivity contribution is 7.27. The molecule has 76 valence electrons. The quantitative estimate of drug-likeness (QED) is 0.701. The first kappa shape index (κ1) is 10.2. The summed E-state index contributed by atoms with van der Waals surface area (Å²) in [6.07, 6.45) is 0. The summed E-state index contributed by atoms with van der Waals surface area (Å²) in [4.78, 5) is 0. The van der Waals surface area contributed by atoms with Crippen LogP contribution in [0.25, 0.3) is 11.1 Å². The molecule has 2 aromatic carbocycles. The lowest BCUT2D eigenvalue weighted by molar-refractivity contribution is 0.415. The van der Waals surface area contributed by atoms with E-state index in [0.717, 1.165) is 5.75 Å². The molecule has 0 aliphatic rings. The molecule has 0 fully saturated rings. The van der Waals surface area contributed by atoms with E-state index >= 15 is 0 Å². The molecular weight excluding hydrogens is 203 g/mol. The lowest BCUT2D eigenvalue weighted by Crippen LogP contribution is -1.88. The van der Waals surface area contributed by atoms with E-state index in [9.17, 15) is 0 Å². The van der Waals surface area contributed by atoms with Gasteiger partial charge in [0.25, 0.3) is 0 Å². The van der Waals surface area contributed by atoms with Crippen molar-refractivity contribution in [2.45, 2.75) is 0 Å². The molecule has 0 heterocycles. The van der Waals surface area contributed by atoms with Crippen LogP contribution in [0.4, 0.5) is 0 Å². The molecule has 0 saturated carbocycles. The second kappa shape index (κ2) is 4.46. The zero-order valence-corrected chi connectivity index (χ0v) is 9.76. The van der Waals surface area contributed by atoms with Crippen molar-refractivity contribution in [3.8, 4) is 16.9 Å². The van der Waals surface area contributed by atoms with Gasteiger partial charge in [-0.15, -0.1) is 9.24 Å². The molecule has 2 rings (SSSR count). The third kappa shape index (κ3) is 2.37. The van der Waals surface area contributed by atoms with Crippen molar-refractivity contribution in [1.29, 1.82) is 0 Å². The number of benzene rings is 2. The summed E-state index contributed by atoms with van der Waals surface area (Å²) in [5.41, 5.74) is 2.43. The first-order valence-corrected chi connectivity index (χ1v) is 5.37. The molecule has 0 bridgehead atoms. The lowest BCUT2D eigenvalue weighted by atomic mass is 10.1. The SMILES string of the molecule is COc1ccc(-c2ccc(P)cc2)cc1. The summed E-state index contributed by atoms with van der Waals surface area (Å²) in [6.45, 7) is 0. The van der Waals surface area contributed by atoms with Gasteiger partial charge in [-0.1, -0.05) is 36.4 Å². The van der Waals surface area contributed by atoms with E-state index in [1.165, 1.54) is 16.4 Å². The molecule has 2 aromatic rings. The maximum atomic E-state index is 5.12. The van der Waals surface area contributed by atoms with E-state index in [1.807, 2.05) is 12.1 Å². The summed E-state index contributed by atoms with van der Waals surface area (Å²) in [5.74, 6) is 0.890. The van der Waals surface area contributed by atoms with Crippen molar-refractivity contribution in [1.82, 2.24) is 0 Å². The maximum absolute atomic E-state index is 5.12. The minimum atomic E-state index is 0.890. The van der Waals surface area contributed by atoms with Crippen molar-refractivity contribution in [3.63, 3.8) is 0 Å². The average Bonchev–Trinajstić information content (AvgIpc) is 2.30. The predicted octanol–water partition coefficient (Wildman–Crippen LogP) is 2.86. The molecule has 0 saturated heterocycles. The second-order valence-electron chi connectivity index (χ2n) is 3.35. The number of methoxy groups -OCH3 is 1. The highest BCUT2D eigenvalue weighted by Gasteiger charge is 1.97. The Balaban J connectivity index is 2.33. The lowest BCUT2D eigenvalue weighted by Gasteiger charge is -2.03. The summed E-state index contributed by atoms with van der Waals surface area (Å²) in [6, 6.07) is 16.5. The number of ether oxygens (including phenoxy) is 1. The molecule has 0 amide bonds. The van der Waals surface area contributed by atoms with Crippen LogP contribution in [0.1, 0.15) is 0 Å². The Labute approximate surface area is 92.3 Å². The van der Waals surface area contributed by atoms with Gasteiger partial charge in [-0.3, -0.25) is 0 Å². The first-order chi connectivity index (χ1) is 7.29. The van der Waals surface area contributed by atoms with Crippen molar-refractivity contribution < 1.29 is 4.74 Å². The predicted molar refractivity (Wildman–Crippen MR) is 67.8 cm³/mol. The van der Waals surface area contributed by atoms with E-state index in [4.69, 9.17) is 4.74 Å². The van der Waals surface area contributed by atoms with Crippen molar-refractivity contribution in [3.05, 3.63) is 48.5 Å². The van der Waals surface area contributed by atoms with Crippen LogP contribution in [0.2, 0.25) is 0 Å². The van der Waals surface area contributed by atoms with E-state index < -0.39 is 0 Å². The Morgan fingerprint density at radius 1 is 0.800 bits per heavy atom. The van der Waals surface area contributed by atoms with Gasteiger partial charge >= 0.3 is 0 Å². The van der Waals surface area contributed by atoms with Crippen LogP contribution in [0, 0.1) is 0 Å². The van der Waals surface area contributed by atoms with Gasteiger partial charge in [-0.25, -0.2) is 0 Å². The fraction of sp³-hybridized carbons (Fsp3) is 0.0769. The van der Waals surface area contributed by atoms with E-state index in [2.05, 4.69) is 45.6 Å². The van der Waals surface area contributed by atoms with Crippen molar-refractivity contribution in [2.75, 3.05) is 7.11 Å². The molecule has 0 spiro atoms. The van der Waals surface area contributed by atoms with Crippen molar-refractivity contribution >= 4 is 14.5 Å². The van der Waals surface area contributed by atoms with Gasteiger partial charge in [-0.2, -0.15) is 0 Å². The Bertz CT molecular complexity index is 431. The zero-order chi connectivity index (χ0) is 10.7. The molecule has 1 nitrogen and oxygen atoms in total. The standard InChI is InChI=1S/C13H13OP/c1-14-12-6-2-10(3-7-12)11-4-8-13(15)9-5-11/h2-9H,15H2,1H3. The van der Waals surface area contributed by atoms with Crippen LogP contribution < -0.4 is 10.0 Å². The molecule has 2 heteroatoms. The Morgan fingerprint density at radius 3 is 1.73 bits per heavy atom. The molecule has 0 N–H and O–H groups in total. The molecule has 0 aliphatic heterocycles. The molecule has 1 atom stereocenters. The van der Waals surface area contributed by atoms with Gasteiger partial charge in [0.2, 0.25) is 0 Å². The van der Waals surface area contributed by atoms with Gasteiger partial charge in [0.1, 0.15) is 5.75 Å². The molecule has 15 heavy (non-hydrogen) atoms. The van der Waals surface area contributed by atoms with Gasteiger partial charge in [-0.05, 0) is 28.6 Å². The third-order valence-corrected chi connectivity index (χ3v) is 2.72. The van der Waals surface area contributed by atoms with E-state index in [1.54, 1.807) is 7.11 Å². The highest BCUT2D eigenvalue weighted by atomic mass is 31.0. The number of hydrogen-bond acceptors (Lipinski definition) is 1. The summed E-state index contributed by atoms with van der Waals surface area (Å²) < 4.78 is 5.12. The Hall–Kier alpha value is -1.33. The van der Waals surface area contributed by atoms with Crippen LogP contribution >= 0.6 is 9.24 Å². The van der Waals surface area contributed by atoms with Gasteiger partial charge in [0.15, 0.2) is 0 Å². The first-order valence-electron chi connectivity index (χ1n) is 4.79. The van der Waals surface area contributed by atoms with Crippen molar-refractivity contribution in [2.24, 2.45) is 0 Å². The molecule has 0 aromatic heterocycles. The van der Waals surface area contributed by atoms with E-state index in [-0.39, 0.29) is 0 Å². The number of rotatable bonds is 2. The maximum Gasteiger partial charge on any atom is 0.118 e. The summed E-state index contributed by atoms with van der Waals surface area (Å²) in [7, 11) is 4.36. The highest BCUT2D eigenvalue weighted by Crippen LogP contribution is 2.21. The van der Waals surface area contributed by atoms with E-state index in [0.29, 0.717) is 0 Å². The van der Waals surface area contributed by atoms with Crippen LogP contribution in [0.5, 0.6) is 5.75 Å². The molecule has 1 unspecified atom stereocenters. The van der Waals surface area contributed by atoms with Crippen LogP contribution in [-0.2, 0) is 0 Å². The van der Waals surface area contributed by atoms with Crippen LogP contribution in [0.3, 0.4) is 0 Å².